The molecular formula is C15H20N2S. The van der Waals surface area contributed by atoms with Crippen molar-refractivity contribution in [1.82, 2.24) is 4.98 Å². The number of anilines is 1. The van der Waals surface area contributed by atoms with Gasteiger partial charge in [-0.25, -0.2) is 4.98 Å². The maximum atomic E-state index is 4.68. The minimum absolute atomic E-state index is 0.144. The molecule has 18 heavy (non-hydrogen) atoms. The van der Waals surface area contributed by atoms with Gasteiger partial charge in [-0.2, -0.15) is 0 Å². The zero-order chi connectivity index (χ0) is 13.2. The molecule has 0 amide bonds. The number of benzene rings is 1. The van der Waals surface area contributed by atoms with Crippen LogP contribution >= 0.6 is 11.3 Å². The smallest absolute Gasteiger partial charge is 0.0982 e. The lowest BCUT2D eigenvalue weighted by molar-refractivity contribution is 0.583. The van der Waals surface area contributed by atoms with E-state index < -0.39 is 0 Å². The molecule has 2 rings (SSSR count). The molecular weight excluding hydrogens is 240 g/mol. The lowest BCUT2D eigenvalue weighted by atomic mass is 9.98. The molecule has 96 valence electrons. The van der Waals surface area contributed by atoms with Crippen LogP contribution < -0.4 is 5.32 Å². The summed E-state index contributed by atoms with van der Waals surface area (Å²) in [6, 6.07) is 8.33. The first-order valence-electron chi connectivity index (χ1n) is 6.21. The molecule has 0 atom stereocenters. The van der Waals surface area contributed by atoms with Crippen LogP contribution in [0.3, 0.4) is 0 Å². The molecule has 0 aliphatic carbocycles. The Morgan fingerprint density at radius 2 is 1.94 bits per heavy atom. The van der Waals surface area contributed by atoms with Crippen molar-refractivity contribution in [3.63, 3.8) is 0 Å². The Bertz CT molecular complexity index is 523. The Morgan fingerprint density at radius 1 is 1.22 bits per heavy atom. The quantitative estimate of drug-likeness (QED) is 0.887. The van der Waals surface area contributed by atoms with Crippen molar-refractivity contribution < 1.29 is 0 Å². The normalized spacial score (nSPS) is 11.6. The van der Waals surface area contributed by atoms with E-state index in [4.69, 9.17) is 0 Å². The first-order valence-corrected chi connectivity index (χ1v) is 7.09. The van der Waals surface area contributed by atoms with Crippen molar-refractivity contribution in [3.8, 4) is 0 Å². The third-order valence-corrected chi connectivity index (χ3v) is 4.12. The van der Waals surface area contributed by atoms with E-state index in [2.05, 4.69) is 67.6 Å². The molecule has 0 radical (unpaired) electrons. The first-order chi connectivity index (χ1) is 8.47. The van der Waals surface area contributed by atoms with Crippen LogP contribution in [-0.2, 0) is 12.0 Å². The minimum atomic E-state index is 0.144. The average Bonchev–Trinajstić information content (AvgIpc) is 2.76. The van der Waals surface area contributed by atoms with Crippen LogP contribution in [0.5, 0.6) is 0 Å². The van der Waals surface area contributed by atoms with Gasteiger partial charge in [0.15, 0.2) is 0 Å². The number of para-hydroxylation sites is 1. The van der Waals surface area contributed by atoms with E-state index >= 15 is 0 Å². The van der Waals surface area contributed by atoms with E-state index in [9.17, 15) is 0 Å². The number of hydrogen-bond donors (Lipinski definition) is 1. The molecule has 2 aromatic rings. The van der Waals surface area contributed by atoms with E-state index in [-0.39, 0.29) is 5.41 Å². The monoisotopic (exact) mass is 260 g/mol. The van der Waals surface area contributed by atoms with Crippen LogP contribution in [0.25, 0.3) is 0 Å². The lowest BCUT2D eigenvalue weighted by Crippen LogP contribution is -2.11. The van der Waals surface area contributed by atoms with Gasteiger partial charge in [-0.3, -0.25) is 0 Å². The van der Waals surface area contributed by atoms with Crippen LogP contribution in [0.1, 0.15) is 37.0 Å². The SMILES string of the molecule is Cc1ccccc1NCc1csc(C(C)(C)C)n1. The third kappa shape index (κ3) is 3.10. The Morgan fingerprint density at radius 3 is 2.56 bits per heavy atom. The fourth-order valence-electron chi connectivity index (χ4n) is 1.69. The Hall–Kier alpha value is -1.35. The summed E-state index contributed by atoms with van der Waals surface area (Å²) in [6.45, 7) is 9.50. The maximum Gasteiger partial charge on any atom is 0.0982 e. The fraction of sp³-hybridized carbons (Fsp3) is 0.400. The first kappa shape index (κ1) is 13.1. The number of rotatable bonds is 3. The molecule has 1 N–H and O–H groups in total. The van der Waals surface area contributed by atoms with Gasteiger partial charge in [0, 0.05) is 16.5 Å². The van der Waals surface area contributed by atoms with Crippen LogP contribution in [-0.4, -0.2) is 4.98 Å². The Kier molecular flexibility index (Phi) is 3.71. The van der Waals surface area contributed by atoms with E-state index in [0.717, 1.165) is 12.2 Å². The summed E-state index contributed by atoms with van der Waals surface area (Å²) in [7, 11) is 0. The van der Waals surface area contributed by atoms with Crippen LogP contribution in [0.4, 0.5) is 5.69 Å². The molecule has 0 aliphatic heterocycles. The summed E-state index contributed by atoms with van der Waals surface area (Å²) in [5, 5.41) is 6.78. The number of aromatic nitrogens is 1. The molecule has 0 aliphatic rings. The number of aryl methyl sites for hydroxylation is 1. The van der Waals surface area contributed by atoms with Gasteiger partial charge in [-0.05, 0) is 18.6 Å². The highest BCUT2D eigenvalue weighted by Gasteiger charge is 2.17. The molecule has 1 aromatic heterocycles. The predicted octanol–water partition coefficient (Wildman–Crippen LogP) is 4.36. The largest absolute Gasteiger partial charge is 0.379 e. The average molecular weight is 260 g/mol. The standard InChI is InChI=1S/C15H20N2S/c1-11-7-5-6-8-13(11)16-9-12-10-18-14(17-12)15(2,3)4/h5-8,10,16H,9H2,1-4H3. The van der Waals surface area contributed by atoms with Gasteiger partial charge >= 0.3 is 0 Å². The van der Waals surface area contributed by atoms with Gasteiger partial charge in [0.1, 0.15) is 0 Å². The van der Waals surface area contributed by atoms with Gasteiger partial charge in [0.2, 0.25) is 0 Å². The Labute approximate surface area is 113 Å². The molecule has 3 heteroatoms. The van der Waals surface area contributed by atoms with Gasteiger partial charge in [-0.1, -0.05) is 39.0 Å². The third-order valence-electron chi connectivity index (χ3n) is 2.80. The molecule has 0 saturated carbocycles. The second-order valence-electron chi connectivity index (χ2n) is 5.56. The molecule has 0 spiro atoms. The van der Waals surface area contributed by atoms with Crippen molar-refractivity contribution in [1.29, 1.82) is 0 Å². The minimum Gasteiger partial charge on any atom is -0.379 e. The number of nitrogens with zero attached hydrogens (tertiary/aromatic N) is 1. The van der Waals surface area contributed by atoms with Gasteiger partial charge < -0.3 is 5.32 Å². The fourth-order valence-corrected chi connectivity index (χ4v) is 2.60. The van der Waals surface area contributed by atoms with Crippen molar-refractivity contribution in [2.24, 2.45) is 0 Å². The molecule has 0 bridgehead atoms. The highest BCUT2D eigenvalue weighted by atomic mass is 32.1. The molecule has 0 saturated heterocycles. The van der Waals surface area contributed by atoms with E-state index in [1.54, 1.807) is 11.3 Å². The molecule has 0 fully saturated rings. The van der Waals surface area contributed by atoms with Crippen LogP contribution in [0.2, 0.25) is 0 Å². The zero-order valence-corrected chi connectivity index (χ0v) is 12.3. The highest BCUT2D eigenvalue weighted by molar-refractivity contribution is 7.09. The summed E-state index contributed by atoms with van der Waals surface area (Å²) >= 11 is 1.74. The van der Waals surface area contributed by atoms with Crippen molar-refractivity contribution in [3.05, 3.63) is 45.9 Å². The summed E-state index contributed by atoms with van der Waals surface area (Å²) in [4.78, 5) is 4.68. The Balaban J connectivity index is 2.03. The number of nitrogens with one attached hydrogen (secondary N) is 1. The van der Waals surface area contributed by atoms with E-state index in [0.29, 0.717) is 0 Å². The van der Waals surface area contributed by atoms with E-state index in [1.165, 1.54) is 16.3 Å². The molecule has 1 heterocycles. The van der Waals surface area contributed by atoms with Gasteiger partial charge in [0.25, 0.3) is 0 Å². The van der Waals surface area contributed by atoms with Crippen LogP contribution in [0, 0.1) is 6.92 Å². The zero-order valence-electron chi connectivity index (χ0n) is 11.4. The second kappa shape index (κ2) is 5.11. The summed E-state index contributed by atoms with van der Waals surface area (Å²) in [5.74, 6) is 0. The van der Waals surface area contributed by atoms with Crippen molar-refractivity contribution >= 4 is 17.0 Å². The van der Waals surface area contributed by atoms with Crippen molar-refractivity contribution in [2.75, 3.05) is 5.32 Å². The molecule has 0 unspecified atom stereocenters. The highest BCUT2D eigenvalue weighted by Crippen LogP contribution is 2.26. The second-order valence-corrected chi connectivity index (χ2v) is 6.42. The van der Waals surface area contributed by atoms with Gasteiger partial charge in [-0.15, -0.1) is 11.3 Å². The maximum absolute atomic E-state index is 4.68. The number of hydrogen-bond acceptors (Lipinski definition) is 3. The summed E-state index contributed by atoms with van der Waals surface area (Å²) < 4.78 is 0. The van der Waals surface area contributed by atoms with E-state index in [1.807, 2.05) is 0 Å². The molecule has 1 aromatic carbocycles. The lowest BCUT2D eigenvalue weighted by Gasteiger charge is -2.13. The number of thiazole rings is 1. The van der Waals surface area contributed by atoms with Crippen molar-refractivity contribution in [2.45, 2.75) is 39.7 Å². The predicted molar refractivity (Wildman–Crippen MR) is 79.3 cm³/mol. The molecule has 2 nitrogen and oxygen atoms in total. The summed E-state index contributed by atoms with van der Waals surface area (Å²) in [5.41, 5.74) is 3.71. The van der Waals surface area contributed by atoms with Gasteiger partial charge in [0.05, 0.1) is 17.2 Å². The van der Waals surface area contributed by atoms with Crippen LogP contribution in [0.15, 0.2) is 29.6 Å². The topological polar surface area (TPSA) is 24.9 Å². The summed E-state index contributed by atoms with van der Waals surface area (Å²) in [6.07, 6.45) is 0.